The first-order valence-electron chi connectivity index (χ1n) is 6.25. The Morgan fingerprint density at radius 3 is 2.25 bits per heavy atom. The van der Waals surface area contributed by atoms with Crippen LogP contribution in [0.1, 0.15) is 27.2 Å². The number of rotatable bonds is 5. The SMILES string of the molecule is CCCN1CCN(C(C)C(C)C(=O)O)CC1. The van der Waals surface area contributed by atoms with E-state index in [-0.39, 0.29) is 12.0 Å². The van der Waals surface area contributed by atoms with Crippen molar-refractivity contribution in [1.29, 1.82) is 0 Å². The van der Waals surface area contributed by atoms with E-state index in [1.807, 2.05) is 6.92 Å². The van der Waals surface area contributed by atoms with Gasteiger partial charge < -0.3 is 10.0 Å². The lowest BCUT2D eigenvalue weighted by Gasteiger charge is -2.39. The predicted octanol–water partition coefficient (Wildman–Crippen LogP) is 1.12. The zero-order valence-electron chi connectivity index (χ0n) is 10.6. The van der Waals surface area contributed by atoms with E-state index in [2.05, 4.69) is 16.7 Å². The van der Waals surface area contributed by atoms with Crippen LogP contribution >= 0.6 is 0 Å². The average molecular weight is 228 g/mol. The van der Waals surface area contributed by atoms with Crippen molar-refractivity contribution in [2.45, 2.75) is 33.2 Å². The first-order chi connectivity index (χ1) is 7.56. The molecule has 0 aromatic heterocycles. The van der Waals surface area contributed by atoms with Crippen molar-refractivity contribution in [3.05, 3.63) is 0 Å². The molecule has 0 saturated carbocycles. The standard InChI is InChI=1S/C12H24N2O2/c1-4-5-13-6-8-14(9-7-13)11(3)10(2)12(15)16/h10-11H,4-9H2,1-3H3,(H,15,16). The summed E-state index contributed by atoms with van der Waals surface area (Å²) in [5.41, 5.74) is 0. The number of hydrogen-bond acceptors (Lipinski definition) is 3. The monoisotopic (exact) mass is 228 g/mol. The quantitative estimate of drug-likeness (QED) is 0.766. The Morgan fingerprint density at radius 1 is 1.25 bits per heavy atom. The van der Waals surface area contributed by atoms with E-state index in [4.69, 9.17) is 5.11 Å². The molecule has 0 spiro atoms. The van der Waals surface area contributed by atoms with Crippen LogP contribution in [0.4, 0.5) is 0 Å². The number of hydrogen-bond donors (Lipinski definition) is 1. The van der Waals surface area contributed by atoms with Gasteiger partial charge in [0.25, 0.3) is 0 Å². The van der Waals surface area contributed by atoms with Gasteiger partial charge in [-0.1, -0.05) is 13.8 Å². The molecular formula is C12H24N2O2. The fraction of sp³-hybridized carbons (Fsp3) is 0.917. The topological polar surface area (TPSA) is 43.8 Å². The summed E-state index contributed by atoms with van der Waals surface area (Å²) < 4.78 is 0. The molecule has 2 atom stereocenters. The lowest BCUT2D eigenvalue weighted by molar-refractivity contribution is -0.143. The van der Waals surface area contributed by atoms with E-state index >= 15 is 0 Å². The normalized spacial score (nSPS) is 22.9. The van der Waals surface area contributed by atoms with Gasteiger partial charge in [-0.25, -0.2) is 0 Å². The fourth-order valence-electron chi connectivity index (χ4n) is 2.23. The lowest BCUT2D eigenvalue weighted by atomic mass is 10.0. The van der Waals surface area contributed by atoms with E-state index in [1.54, 1.807) is 6.92 Å². The summed E-state index contributed by atoms with van der Waals surface area (Å²) in [6, 6.07) is 0.140. The number of carbonyl (C=O) groups is 1. The van der Waals surface area contributed by atoms with Gasteiger partial charge in [-0.2, -0.15) is 0 Å². The third-order valence-corrected chi connectivity index (χ3v) is 3.64. The molecule has 4 heteroatoms. The van der Waals surface area contributed by atoms with E-state index in [0.29, 0.717) is 0 Å². The highest BCUT2D eigenvalue weighted by Crippen LogP contribution is 2.14. The summed E-state index contributed by atoms with van der Waals surface area (Å²) in [5, 5.41) is 8.98. The Bertz CT molecular complexity index is 225. The van der Waals surface area contributed by atoms with Gasteiger partial charge in [-0.3, -0.25) is 9.69 Å². The third-order valence-electron chi connectivity index (χ3n) is 3.64. The van der Waals surface area contributed by atoms with Crippen LogP contribution in [-0.4, -0.2) is 59.6 Å². The molecule has 16 heavy (non-hydrogen) atoms. The summed E-state index contributed by atoms with van der Waals surface area (Å²) in [6.07, 6.45) is 1.20. The van der Waals surface area contributed by atoms with E-state index in [1.165, 1.54) is 6.42 Å². The highest BCUT2D eigenvalue weighted by atomic mass is 16.4. The molecule has 0 aliphatic carbocycles. The molecule has 1 saturated heterocycles. The van der Waals surface area contributed by atoms with E-state index in [0.717, 1.165) is 32.7 Å². The fourth-order valence-corrected chi connectivity index (χ4v) is 2.23. The highest BCUT2D eigenvalue weighted by Gasteiger charge is 2.27. The maximum absolute atomic E-state index is 10.9. The molecule has 0 aromatic rings. The molecule has 1 aliphatic heterocycles. The van der Waals surface area contributed by atoms with Gasteiger partial charge in [0.05, 0.1) is 5.92 Å². The summed E-state index contributed by atoms with van der Waals surface area (Å²) in [7, 11) is 0. The Kier molecular flexibility index (Phi) is 5.22. The number of piperazine rings is 1. The van der Waals surface area contributed by atoms with Crippen LogP contribution in [-0.2, 0) is 4.79 Å². The lowest BCUT2D eigenvalue weighted by Crippen LogP contribution is -2.52. The van der Waals surface area contributed by atoms with Crippen LogP contribution in [0.25, 0.3) is 0 Å². The summed E-state index contributed by atoms with van der Waals surface area (Å²) in [5.74, 6) is -0.971. The molecule has 1 aliphatic rings. The largest absolute Gasteiger partial charge is 0.481 e. The van der Waals surface area contributed by atoms with Crippen LogP contribution in [0, 0.1) is 5.92 Å². The van der Waals surface area contributed by atoms with Crippen molar-refractivity contribution in [1.82, 2.24) is 9.80 Å². The van der Waals surface area contributed by atoms with Crippen molar-refractivity contribution in [2.75, 3.05) is 32.7 Å². The second kappa shape index (κ2) is 6.21. The van der Waals surface area contributed by atoms with Gasteiger partial charge in [-0.15, -0.1) is 0 Å². The summed E-state index contributed by atoms with van der Waals surface area (Å²) in [6.45, 7) is 11.3. The molecule has 1 heterocycles. The summed E-state index contributed by atoms with van der Waals surface area (Å²) in [4.78, 5) is 15.7. The van der Waals surface area contributed by atoms with Crippen LogP contribution in [0.5, 0.6) is 0 Å². The Labute approximate surface area is 98.2 Å². The van der Waals surface area contributed by atoms with Gasteiger partial charge >= 0.3 is 5.97 Å². The Morgan fingerprint density at radius 2 is 1.81 bits per heavy atom. The molecule has 0 radical (unpaired) electrons. The third kappa shape index (κ3) is 3.46. The van der Waals surface area contributed by atoms with Crippen molar-refractivity contribution < 1.29 is 9.90 Å². The number of carboxylic acid groups (broad SMARTS) is 1. The van der Waals surface area contributed by atoms with Crippen molar-refractivity contribution in [2.24, 2.45) is 5.92 Å². The van der Waals surface area contributed by atoms with Gasteiger partial charge in [0.2, 0.25) is 0 Å². The molecule has 94 valence electrons. The molecule has 0 bridgehead atoms. The molecule has 1 N–H and O–H groups in total. The molecule has 1 rings (SSSR count). The maximum atomic E-state index is 10.9. The minimum atomic E-state index is -0.691. The Hall–Kier alpha value is -0.610. The molecule has 4 nitrogen and oxygen atoms in total. The van der Waals surface area contributed by atoms with Crippen LogP contribution in [0.2, 0.25) is 0 Å². The first kappa shape index (κ1) is 13.5. The van der Waals surface area contributed by atoms with Crippen LogP contribution < -0.4 is 0 Å². The van der Waals surface area contributed by atoms with Crippen LogP contribution in [0.15, 0.2) is 0 Å². The van der Waals surface area contributed by atoms with E-state index < -0.39 is 5.97 Å². The zero-order chi connectivity index (χ0) is 12.1. The van der Waals surface area contributed by atoms with E-state index in [9.17, 15) is 4.79 Å². The highest BCUT2D eigenvalue weighted by molar-refractivity contribution is 5.70. The van der Waals surface area contributed by atoms with Crippen molar-refractivity contribution in [3.8, 4) is 0 Å². The maximum Gasteiger partial charge on any atom is 0.307 e. The summed E-state index contributed by atoms with van der Waals surface area (Å²) >= 11 is 0. The number of nitrogens with zero attached hydrogens (tertiary/aromatic N) is 2. The molecule has 2 unspecified atom stereocenters. The van der Waals surface area contributed by atoms with Crippen molar-refractivity contribution in [3.63, 3.8) is 0 Å². The van der Waals surface area contributed by atoms with Gasteiger partial charge in [-0.05, 0) is 19.9 Å². The minimum Gasteiger partial charge on any atom is -0.481 e. The smallest absolute Gasteiger partial charge is 0.307 e. The zero-order valence-corrected chi connectivity index (χ0v) is 10.6. The molecular weight excluding hydrogens is 204 g/mol. The minimum absolute atomic E-state index is 0.140. The van der Waals surface area contributed by atoms with Gasteiger partial charge in [0, 0.05) is 32.2 Å². The average Bonchev–Trinajstić information content (AvgIpc) is 2.28. The first-order valence-corrected chi connectivity index (χ1v) is 6.25. The van der Waals surface area contributed by atoms with Gasteiger partial charge in [0.1, 0.15) is 0 Å². The molecule has 0 aromatic carbocycles. The number of carboxylic acids is 1. The number of aliphatic carboxylic acids is 1. The van der Waals surface area contributed by atoms with Crippen LogP contribution in [0.3, 0.4) is 0 Å². The molecule has 0 amide bonds. The second-order valence-corrected chi connectivity index (χ2v) is 4.75. The second-order valence-electron chi connectivity index (χ2n) is 4.75. The van der Waals surface area contributed by atoms with Gasteiger partial charge in [0.15, 0.2) is 0 Å². The predicted molar refractivity (Wildman–Crippen MR) is 64.6 cm³/mol. The van der Waals surface area contributed by atoms with Crippen molar-refractivity contribution >= 4 is 5.97 Å². The molecule has 1 fully saturated rings. The Balaban J connectivity index is 2.38.